The minimum atomic E-state index is -2.92. The molecule has 0 atom stereocenters. The summed E-state index contributed by atoms with van der Waals surface area (Å²) in [4.78, 5) is 8.25. The van der Waals surface area contributed by atoms with Crippen molar-refractivity contribution in [2.75, 3.05) is 0 Å². The Morgan fingerprint density at radius 2 is 0.909 bits per heavy atom. The third kappa shape index (κ3) is 150. The number of carboxylic acid groups (broad SMARTS) is 1. The zero-order chi connectivity index (χ0) is 6.28. The Bertz CT molecular complexity index is 42.7. The molecule has 42 valence electrons. The van der Waals surface area contributed by atoms with Gasteiger partial charge in [-0.3, -0.25) is 7.32 Å². The molecule has 5 nitrogen and oxygen atoms in total. The summed E-state index contributed by atoms with van der Waals surface area (Å²) in [5.41, 5.74) is 0. The molecular formula is CHBNa4O5. The van der Waals surface area contributed by atoms with Crippen LogP contribution in [0.5, 0.6) is 0 Å². The Balaban J connectivity index is -0.00000000848. The summed E-state index contributed by atoms with van der Waals surface area (Å²) < 4.78 is 0. The Hall–Kier alpha value is 3.41. The molecule has 10 heteroatoms. The van der Waals surface area contributed by atoms with Gasteiger partial charge in [0.2, 0.25) is 0 Å². The molecule has 0 heterocycles. The largest absolute Gasteiger partial charge is 1.00 e. The number of rotatable bonds is 0. The molecule has 11 heavy (non-hydrogen) atoms. The van der Waals surface area contributed by atoms with Crippen molar-refractivity contribution in [1.82, 2.24) is 0 Å². The molecule has 0 bridgehead atoms. The van der Waals surface area contributed by atoms with Gasteiger partial charge in [-0.15, -0.1) is 0 Å². The fourth-order valence-corrected chi connectivity index (χ4v) is 0. The fourth-order valence-electron chi connectivity index (χ4n) is 0. The molecule has 0 amide bonds. The predicted molar refractivity (Wildman–Crippen MR) is 11.8 cm³/mol. The molecule has 0 saturated carbocycles. The van der Waals surface area contributed by atoms with Gasteiger partial charge in [-0.05, 0) is 0 Å². The van der Waals surface area contributed by atoms with Crippen molar-refractivity contribution in [2.24, 2.45) is 0 Å². The van der Waals surface area contributed by atoms with Crippen molar-refractivity contribution < 1.29 is 143 Å². The molecule has 0 spiro atoms. The Morgan fingerprint density at radius 1 is 0.909 bits per heavy atom. The van der Waals surface area contributed by atoms with Gasteiger partial charge in [0.25, 0.3) is 0 Å². The third-order valence-electron chi connectivity index (χ3n) is 0. The number of hydrogen-bond acceptors (Lipinski definition) is 5. The monoisotopic (exact) mass is 196 g/mol. The summed E-state index contributed by atoms with van der Waals surface area (Å²) in [6, 6.07) is 0. The Morgan fingerprint density at radius 3 is 0.909 bits per heavy atom. The molecule has 0 aromatic heterocycles. The van der Waals surface area contributed by atoms with Gasteiger partial charge < -0.3 is 25.0 Å². The van der Waals surface area contributed by atoms with Crippen LogP contribution < -0.4 is 138 Å². The van der Waals surface area contributed by atoms with Crippen molar-refractivity contribution in [3.63, 3.8) is 0 Å². The number of carbonyl (C=O) groups is 1. The Labute approximate surface area is 154 Å². The van der Waals surface area contributed by atoms with E-state index in [0.717, 1.165) is 0 Å². The molecule has 0 fully saturated rings. The molecule has 0 aliphatic heterocycles. The van der Waals surface area contributed by atoms with Crippen LogP contribution in [-0.2, 0) is 4.79 Å². The van der Waals surface area contributed by atoms with Gasteiger partial charge in [-0.1, -0.05) is 0 Å². The predicted octanol–water partition coefficient (Wildman–Crippen LogP) is -17.6. The molecule has 0 saturated heterocycles. The van der Waals surface area contributed by atoms with Crippen LogP contribution in [0.3, 0.4) is 0 Å². The quantitative estimate of drug-likeness (QED) is 0.282. The molecule has 0 aliphatic rings. The first-order chi connectivity index (χ1) is 3.15. The van der Waals surface area contributed by atoms with E-state index in [1.165, 1.54) is 0 Å². The van der Waals surface area contributed by atoms with Gasteiger partial charge in [-0.25, -0.2) is 0 Å². The zero-order valence-electron chi connectivity index (χ0n) is 7.20. The molecule has 0 aromatic carbocycles. The SMILES string of the molecule is O=C[O-].[Na+].[Na+].[Na+].[Na+].[O-]B([O-])[O-]. The second kappa shape index (κ2) is 37.6. The van der Waals surface area contributed by atoms with E-state index in [4.69, 9.17) is 25.0 Å². The van der Waals surface area contributed by atoms with Gasteiger partial charge >= 0.3 is 118 Å². The fraction of sp³-hybridized carbons (Fsp3) is 0. The molecule has 0 N–H and O–H groups in total. The summed E-state index contributed by atoms with van der Waals surface area (Å²) in [7, 11) is -2.92. The van der Waals surface area contributed by atoms with Gasteiger partial charge in [-0.2, -0.15) is 0 Å². The van der Waals surface area contributed by atoms with Crippen LogP contribution in [0.2, 0.25) is 0 Å². The van der Waals surface area contributed by atoms with Crippen molar-refractivity contribution in [3.05, 3.63) is 0 Å². The second-order valence-corrected chi connectivity index (χ2v) is 0.385. The topological polar surface area (TPSA) is 109 Å². The molecule has 0 aromatic rings. The summed E-state index contributed by atoms with van der Waals surface area (Å²) in [6.07, 6.45) is 0. The van der Waals surface area contributed by atoms with Crippen molar-refractivity contribution in [2.45, 2.75) is 0 Å². The van der Waals surface area contributed by atoms with E-state index in [1.54, 1.807) is 0 Å². The van der Waals surface area contributed by atoms with E-state index in [2.05, 4.69) is 0 Å². The average molecular weight is 196 g/mol. The van der Waals surface area contributed by atoms with Crippen LogP contribution in [0.1, 0.15) is 0 Å². The van der Waals surface area contributed by atoms with E-state index < -0.39 is 13.8 Å². The van der Waals surface area contributed by atoms with Crippen LogP contribution in [0.15, 0.2) is 0 Å². The minimum Gasteiger partial charge on any atom is -0.907 e. The molecular weight excluding hydrogens is 195 g/mol. The molecule has 0 aliphatic carbocycles. The third-order valence-corrected chi connectivity index (χ3v) is 0. The smallest absolute Gasteiger partial charge is 0.907 e. The van der Waals surface area contributed by atoms with E-state index in [0.29, 0.717) is 0 Å². The van der Waals surface area contributed by atoms with E-state index >= 15 is 0 Å². The maximum absolute atomic E-state index is 8.42. The first kappa shape index (κ1) is 36.6. The van der Waals surface area contributed by atoms with Crippen LogP contribution in [0.4, 0.5) is 0 Å². The van der Waals surface area contributed by atoms with Gasteiger partial charge in [0.1, 0.15) is 0 Å². The van der Waals surface area contributed by atoms with Crippen LogP contribution in [-0.4, -0.2) is 13.8 Å². The summed E-state index contributed by atoms with van der Waals surface area (Å²) >= 11 is 0. The zero-order valence-corrected chi connectivity index (χ0v) is 15.2. The van der Waals surface area contributed by atoms with Crippen molar-refractivity contribution in [3.8, 4) is 0 Å². The average Bonchev–Trinajstić information content (AvgIpc) is 1.33. The minimum absolute atomic E-state index is 0. The summed E-state index contributed by atoms with van der Waals surface area (Å²) in [5, 5.41) is 33.5. The van der Waals surface area contributed by atoms with Gasteiger partial charge in [0, 0.05) is 6.47 Å². The van der Waals surface area contributed by atoms with Crippen LogP contribution in [0, 0.1) is 0 Å². The Kier molecular flexibility index (Phi) is 125. The maximum Gasteiger partial charge on any atom is 1.00 e. The molecule has 0 rings (SSSR count). The number of carbonyl (C=O) groups excluding carboxylic acids is 1. The standard InChI is InChI=1S/CH2O2.BO3.4Na/c2-1-3;2-1(3)4;;;;/h1H,(H,2,3);;;;;/q;-3;4*+1/p-1. The van der Waals surface area contributed by atoms with E-state index in [1.807, 2.05) is 0 Å². The number of hydrogen-bond donors (Lipinski definition) is 0. The molecule has 0 unspecified atom stereocenters. The van der Waals surface area contributed by atoms with Crippen molar-refractivity contribution in [1.29, 1.82) is 0 Å². The van der Waals surface area contributed by atoms with E-state index in [9.17, 15) is 0 Å². The molecule has 0 radical (unpaired) electrons. The van der Waals surface area contributed by atoms with E-state index in [-0.39, 0.29) is 118 Å². The first-order valence-electron chi connectivity index (χ1n) is 1.18. The van der Waals surface area contributed by atoms with Gasteiger partial charge in [0.15, 0.2) is 0 Å². The summed E-state index contributed by atoms with van der Waals surface area (Å²) in [5.74, 6) is 0. The van der Waals surface area contributed by atoms with Gasteiger partial charge in [0.05, 0.1) is 0 Å². The first-order valence-corrected chi connectivity index (χ1v) is 1.18. The normalized spacial score (nSPS) is 3.55. The van der Waals surface area contributed by atoms with Crippen molar-refractivity contribution >= 4 is 13.8 Å². The van der Waals surface area contributed by atoms with Crippen LogP contribution >= 0.6 is 0 Å². The summed E-state index contributed by atoms with van der Waals surface area (Å²) in [6.45, 7) is -0.500. The maximum atomic E-state index is 8.42. The second-order valence-electron chi connectivity index (χ2n) is 0.385. The van der Waals surface area contributed by atoms with Crippen LogP contribution in [0.25, 0.3) is 0 Å².